The van der Waals surface area contributed by atoms with Crippen LogP contribution in [-0.2, 0) is 9.53 Å². The molecule has 1 N–H and O–H groups in total. The highest BCUT2D eigenvalue weighted by molar-refractivity contribution is 7.98. The predicted molar refractivity (Wildman–Crippen MR) is 48.4 cm³/mol. The number of carboxylic acids is 1. The maximum absolute atomic E-state index is 10.8. The first kappa shape index (κ1) is 9.86. The van der Waals surface area contributed by atoms with Crippen molar-refractivity contribution < 1.29 is 14.6 Å². The molecule has 2 atom stereocenters. The molecule has 0 amide bonds. The van der Waals surface area contributed by atoms with Gasteiger partial charge in [-0.1, -0.05) is 0 Å². The van der Waals surface area contributed by atoms with Crippen molar-refractivity contribution in [1.82, 2.24) is 0 Å². The van der Waals surface area contributed by atoms with Crippen LogP contribution in [0.5, 0.6) is 0 Å². The molecule has 0 radical (unpaired) electrons. The summed E-state index contributed by atoms with van der Waals surface area (Å²) < 4.78 is 5.16. The van der Waals surface area contributed by atoms with E-state index in [9.17, 15) is 4.79 Å². The molecule has 0 aliphatic carbocycles. The van der Waals surface area contributed by atoms with E-state index in [2.05, 4.69) is 0 Å². The van der Waals surface area contributed by atoms with Gasteiger partial charge >= 0.3 is 5.97 Å². The average molecular weight is 190 g/mol. The van der Waals surface area contributed by atoms with Gasteiger partial charge in [-0.3, -0.25) is 4.79 Å². The molecule has 2 unspecified atom stereocenters. The minimum Gasteiger partial charge on any atom is -0.481 e. The van der Waals surface area contributed by atoms with E-state index in [4.69, 9.17) is 9.84 Å². The van der Waals surface area contributed by atoms with Gasteiger partial charge in [-0.25, -0.2) is 0 Å². The third kappa shape index (κ3) is 2.38. The third-order valence-corrected chi connectivity index (χ3v) is 2.89. The Labute approximate surface area is 76.5 Å². The van der Waals surface area contributed by atoms with Crippen LogP contribution >= 0.6 is 11.8 Å². The lowest BCUT2D eigenvalue weighted by Gasteiger charge is -2.16. The van der Waals surface area contributed by atoms with Crippen LogP contribution in [0, 0.1) is 11.8 Å². The molecule has 0 saturated carbocycles. The highest BCUT2D eigenvalue weighted by Crippen LogP contribution is 2.24. The number of hydrogen-bond acceptors (Lipinski definition) is 3. The van der Waals surface area contributed by atoms with Gasteiger partial charge in [-0.05, 0) is 18.6 Å². The topological polar surface area (TPSA) is 46.5 Å². The van der Waals surface area contributed by atoms with E-state index in [0.717, 1.165) is 13.0 Å². The fourth-order valence-corrected chi connectivity index (χ4v) is 2.23. The lowest BCUT2D eigenvalue weighted by atomic mass is 9.93. The maximum Gasteiger partial charge on any atom is 0.307 e. The van der Waals surface area contributed by atoms with Crippen molar-refractivity contribution in [1.29, 1.82) is 0 Å². The number of carbonyl (C=O) groups is 1. The Balaban J connectivity index is 2.45. The van der Waals surface area contributed by atoms with E-state index in [0.29, 0.717) is 12.4 Å². The van der Waals surface area contributed by atoms with Crippen LogP contribution in [0.2, 0.25) is 0 Å². The normalized spacial score (nSPS) is 25.6. The zero-order valence-corrected chi connectivity index (χ0v) is 7.97. The summed E-state index contributed by atoms with van der Waals surface area (Å²) in [5.41, 5.74) is 0. The SMILES string of the molecule is CSCC(C(=O)O)C1CCOC1. The van der Waals surface area contributed by atoms with E-state index in [-0.39, 0.29) is 11.8 Å². The zero-order valence-electron chi connectivity index (χ0n) is 7.16. The molecule has 0 spiro atoms. The van der Waals surface area contributed by atoms with Gasteiger partial charge < -0.3 is 9.84 Å². The van der Waals surface area contributed by atoms with Crippen molar-refractivity contribution >= 4 is 17.7 Å². The van der Waals surface area contributed by atoms with Gasteiger partial charge in [0.15, 0.2) is 0 Å². The van der Waals surface area contributed by atoms with Gasteiger partial charge in [0.05, 0.1) is 12.5 Å². The quantitative estimate of drug-likeness (QED) is 0.720. The van der Waals surface area contributed by atoms with Crippen LogP contribution in [0.15, 0.2) is 0 Å². The molecule has 70 valence electrons. The lowest BCUT2D eigenvalue weighted by molar-refractivity contribution is -0.142. The zero-order chi connectivity index (χ0) is 8.97. The molecule has 0 aromatic heterocycles. The highest BCUT2D eigenvalue weighted by atomic mass is 32.2. The monoisotopic (exact) mass is 190 g/mol. The maximum atomic E-state index is 10.8. The molecule has 1 fully saturated rings. The van der Waals surface area contributed by atoms with Crippen molar-refractivity contribution in [3.05, 3.63) is 0 Å². The molecule has 12 heavy (non-hydrogen) atoms. The highest BCUT2D eigenvalue weighted by Gasteiger charge is 2.30. The summed E-state index contributed by atoms with van der Waals surface area (Å²) in [6.07, 6.45) is 2.84. The second-order valence-corrected chi connectivity index (χ2v) is 3.93. The van der Waals surface area contributed by atoms with Crippen LogP contribution in [-0.4, -0.2) is 36.3 Å². The summed E-state index contributed by atoms with van der Waals surface area (Å²) >= 11 is 1.59. The van der Waals surface area contributed by atoms with Crippen molar-refractivity contribution in [2.24, 2.45) is 11.8 Å². The van der Waals surface area contributed by atoms with Gasteiger partial charge in [0.1, 0.15) is 0 Å². The van der Waals surface area contributed by atoms with E-state index in [1.165, 1.54) is 0 Å². The van der Waals surface area contributed by atoms with Crippen molar-refractivity contribution in [3.63, 3.8) is 0 Å². The van der Waals surface area contributed by atoms with Gasteiger partial charge in [0, 0.05) is 12.4 Å². The minimum absolute atomic E-state index is 0.220. The first-order valence-corrected chi connectivity index (χ1v) is 5.44. The Bertz CT molecular complexity index is 154. The van der Waals surface area contributed by atoms with Crippen molar-refractivity contribution in [2.75, 3.05) is 25.2 Å². The predicted octanol–water partition coefficient (Wildman–Crippen LogP) is 1.09. The minimum atomic E-state index is -0.681. The second-order valence-electron chi connectivity index (χ2n) is 3.02. The molecular weight excluding hydrogens is 176 g/mol. The molecule has 1 rings (SSSR count). The number of rotatable bonds is 4. The summed E-state index contributed by atoms with van der Waals surface area (Å²) in [5, 5.41) is 8.90. The second kappa shape index (κ2) is 4.72. The molecule has 1 saturated heterocycles. The molecule has 0 aromatic rings. The van der Waals surface area contributed by atoms with Gasteiger partial charge in [0.25, 0.3) is 0 Å². The van der Waals surface area contributed by atoms with E-state index < -0.39 is 5.97 Å². The van der Waals surface area contributed by atoms with Crippen LogP contribution in [0.3, 0.4) is 0 Å². The number of thioether (sulfide) groups is 1. The molecule has 4 heteroatoms. The average Bonchev–Trinajstić information content (AvgIpc) is 2.51. The summed E-state index contributed by atoms with van der Waals surface area (Å²) in [7, 11) is 0. The molecule has 1 aliphatic heterocycles. The van der Waals surface area contributed by atoms with E-state index in [1.54, 1.807) is 11.8 Å². The number of carboxylic acid groups (broad SMARTS) is 1. The van der Waals surface area contributed by atoms with Gasteiger partial charge in [0.2, 0.25) is 0 Å². The smallest absolute Gasteiger partial charge is 0.307 e. The molecule has 3 nitrogen and oxygen atoms in total. The summed E-state index contributed by atoms with van der Waals surface area (Å²) in [5.74, 6) is 0.0286. The first-order chi connectivity index (χ1) is 5.75. The Hall–Kier alpha value is -0.220. The fourth-order valence-electron chi connectivity index (χ4n) is 1.46. The number of hydrogen-bond donors (Lipinski definition) is 1. The van der Waals surface area contributed by atoms with Crippen LogP contribution in [0.4, 0.5) is 0 Å². The number of aliphatic carboxylic acids is 1. The molecule has 1 aliphatic rings. The van der Waals surface area contributed by atoms with Crippen molar-refractivity contribution in [3.8, 4) is 0 Å². The Morgan fingerprint density at radius 3 is 3.00 bits per heavy atom. The summed E-state index contributed by atoms with van der Waals surface area (Å²) in [6, 6.07) is 0. The van der Waals surface area contributed by atoms with Crippen LogP contribution < -0.4 is 0 Å². The molecular formula is C8H14O3S. The third-order valence-electron chi connectivity index (χ3n) is 2.20. The largest absolute Gasteiger partial charge is 0.481 e. The Morgan fingerprint density at radius 1 is 1.83 bits per heavy atom. The lowest BCUT2D eigenvalue weighted by Crippen LogP contribution is -2.26. The molecule has 0 bridgehead atoms. The Morgan fingerprint density at radius 2 is 2.58 bits per heavy atom. The first-order valence-electron chi connectivity index (χ1n) is 4.05. The fraction of sp³-hybridized carbons (Fsp3) is 0.875. The summed E-state index contributed by atoms with van der Waals surface area (Å²) in [6.45, 7) is 1.35. The summed E-state index contributed by atoms with van der Waals surface area (Å²) in [4.78, 5) is 10.8. The standard InChI is InChI=1S/C8H14O3S/c1-12-5-7(8(9)10)6-2-3-11-4-6/h6-7H,2-5H2,1H3,(H,9,10). The van der Waals surface area contributed by atoms with Gasteiger partial charge in [-0.2, -0.15) is 11.8 Å². The van der Waals surface area contributed by atoms with Crippen LogP contribution in [0.1, 0.15) is 6.42 Å². The number of ether oxygens (including phenoxy) is 1. The van der Waals surface area contributed by atoms with E-state index in [1.807, 2.05) is 6.26 Å². The van der Waals surface area contributed by atoms with Crippen LogP contribution in [0.25, 0.3) is 0 Å². The molecule has 1 heterocycles. The van der Waals surface area contributed by atoms with Crippen molar-refractivity contribution in [2.45, 2.75) is 6.42 Å². The molecule has 0 aromatic carbocycles. The Kier molecular flexibility index (Phi) is 3.88. The van der Waals surface area contributed by atoms with E-state index >= 15 is 0 Å². The van der Waals surface area contributed by atoms with Gasteiger partial charge in [-0.15, -0.1) is 0 Å².